The van der Waals surface area contributed by atoms with Gasteiger partial charge in [0.2, 0.25) is 10.0 Å². The van der Waals surface area contributed by atoms with Crippen LogP contribution in [0.3, 0.4) is 0 Å². The number of rotatable bonds is 6. The van der Waals surface area contributed by atoms with E-state index in [0.29, 0.717) is 0 Å². The van der Waals surface area contributed by atoms with Crippen molar-refractivity contribution in [2.75, 3.05) is 6.61 Å². The van der Waals surface area contributed by atoms with Crippen LogP contribution in [0.5, 0.6) is 0 Å². The summed E-state index contributed by atoms with van der Waals surface area (Å²) in [7, 11) is -4.38. The second kappa shape index (κ2) is 6.29. The molecule has 0 radical (unpaired) electrons. The Morgan fingerprint density at radius 1 is 1.47 bits per heavy atom. The molecule has 9 heteroatoms. The van der Waals surface area contributed by atoms with Gasteiger partial charge in [-0.3, -0.25) is 4.79 Å². The molecule has 1 rings (SSSR count). The van der Waals surface area contributed by atoms with E-state index in [1.165, 1.54) is 6.07 Å². The van der Waals surface area contributed by atoms with Crippen LogP contribution in [0.15, 0.2) is 23.1 Å². The van der Waals surface area contributed by atoms with Crippen LogP contribution in [-0.2, 0) is 14.8 Å². The summed E-state index contributed by atoms with van der Waals surface area (Å²) in [5, 5.41) is 17.0. The van der Waals surface area contributed by atoms with Crippen molar-refractivity contribution in [3.05, 3.63) is 29.0 Å². The van der Waals surface area contributed by atoms with Crippen molar-refractivity contribution in [3.63, 3.8) is 0 Å². The number of halogens is 2. The van der Waals surface area contributed by atoms with Crippen LogP contribution >= 0.6 is 11.6 Å². The van der Waals surface area contributed by atoms with Gasteiger partial charge in [-0.25, -0.2) is 12.8 Å². The van der Waals surface area contributed by atoms with Gasteiger partial charge in [0.1, 0.15) is 10.9 Å². The van der Waals surface area contributed by atoms with Gasteiger partial charge in [-0.2, -0.15) is 4.72 Å². The molecular formula is C10H11ClFNO5S. The van der Waals surface area contributed by atoms with Crippen molar-refractivity contribution in [2.24, 2.45) is 0 Å². The van der Waals surface area contributed by atoms with E-state index in [1.54, 1.807) is 4.72 Å². The molecule has 6 nitrogen and oxygen atoms in total. The maximum atomic E-state index is 13.6. The minimum absolute atomic E-state index is 0.337. The molecule has 0 spiro atoms. The number of benzene rings is 1. The second-order valence-corrected chi connectivity index (χ2v) is 5.67. The second-order valence-electron chi connectivity index (χ2n) is 3.58. The van der Waals surface area contributed by atoms with Gasteiger partial charge in [0.15, 0.2) is 5.82 Å². The van der Waals surface area contributed by atoms with Gasteiger partial charge in [-0.1, -0.05) is 17.7 Å². The first-order valence-corrected chi connectivity index (χ1v) is 6.95. The van der Waals surface area contributed by atoms with E-state index in [0.717, 1.165) is 12.1 Å². The highest BCUT2D eigenvalue weighted by atomic mass is 35.5. The van der Waals surface area contributed by atoms with Gasteiger partial charge in [0, 0.05) is 6.61 Å². The first-order chi connectivity index (χ1) is 8.79. The molecule has 1 aromatic rings. The largest absolute Gasteiger partial charge is 0.480 e. The quantitative estimate of drug-likeness (QED) is 0.713. The molecule has 0 aliphatic carbocycles. The molecule has 0 aromatic heterocycles. The number of aliphatic carboxylic acids is 1. The summed E-state index contributed by atoms with van der Waals surface area (Å²) in [5.41, 5.74) is 0. The van der Waals surface area contributed by atoms with E-state index in [1.807, 2.05) is 0 Å². The van der Waals surface area contributed by atoms with E-state index < -0.39 is 44.4 Å². The molecule has 0 bridgehead atoms. The molecule has 0 heterocycles. The monoisotopic (exact) mass is 311 g/mol. The highest BCUT2D eigenvalue weighted by molar-refractivity contribution is 7.89. The number of hydrogen-bond donors (Lipinski definition) is 3. The number of carboxylic acids is 1. The number of sulfonamides is 1. The molecule has 0 amide bonds. The van der Waals surface area contributed by atoms with Crippen LogP contribution in [0, 0.1) is 5.82 Å². The molecule has 0 aliphatic rings. The minimum atomic E-state index is -4.38. The summed E-state index contributed by atoms with van der Waals surface area (Å²) in [6.07, 6.45) is -0.337. The Balaban J connectivity index is 3.10. The molecule has 0 unspecified atom stereocenters. The molecular weight excluding hydrogens is 301 g/mol. The van der Waals surface area contributed by atoms with E-state index in [-0.39, 0.29) is 6.42 Å². The lowest BCUT2D eigenvalue weighted by atomic mass is 10.2. The molecule has 19 heavy (non-hydrogen) atoms. The van der Waals surface area contributed by atoms with Crippen molar-refractivity contribution in [3.8, 4) is 0 Å². The SMILES string of the molecule is O=C(O)[C@H](CCO)NS(=O)(=O)c1cccc(Cl)c1F. The van der Waals surface area contributed by atoms with Gasteiger partial charge in [0.25, 0.3) is 0 Å². The van der Waals surface area contributed by atoms with Crippen LogP contribution in [0.1, 0.15) is 6.42 Å². The number of aliphatic hydroxyl groups excluding tert-OH is 1. The third-order valence-electron chi connectivity index (χ3n) is 2.22. The van der Waals surface area contributed by atoms with Crippen molar-refractivity contribution >= 4 is 27.6 Å². The van der Waals surface area contributed by atoms with Crippen LogP contribution in [0.25, 0.3) is 0 Å². The maximum Gasteiger partial charge on any atom is 0.321 e. The summed E-state index contributed by atoms with van der Waals surface area (Å²) in [4.78, 5) is 10.0. The molecule has 0 saturated heterocycles. The highest BCUT2D eigenvalue weighted by Gasteiger charge is 2.27. The predicted molar refractivity (Wildman–Crippen MR) is 64.9 cm³/mol. The van der Waals surface area contributed by atoms with Crippen molar-refractivity contribution < 1.29 is 27.8 Å². The van der Waals surface area contributed by atoms with Gasteiger partial charge < -0.3 is 10.2 Å². The highest BCUT2D eigenvalue weighted by Crippen LogP contribution is 2.22. The molecule has 0 saturated carbocycles. The average molecular weight is 312 g/mol. The topological polar surface area (TPSA) is 104 Å². The number of nitrogens with one attached hydrogen (secondary N) is 1. The maximum absolute atomic E-state index is 13.6. The van der Waals surface area contributed by atoms with Gasteiger partial charge in [-0.15, -0.1) is 0 Å². The molecule has 0 fully saturated rings. The summed E-state index contributed by atoms with van der Waals surface area (Å²) in [6, 6.07) is 1.80. The summed E-state index contributed by atoms with van der Waals surface area (Å²) in [6.45, 7) is -0.530. The van der Waals surface area contributed by atoms with Gasteiger partial charge in [0.05, 0.1) is 5.02 Å². The normalized spacial score (nSPS) is 13.2. The lowest BCUT2D eigenvalue weighted by molar-refractivity contribution is -0.139. The Morgan fingerprint density at radius 3 is 2.63 bits per heavy atom. The Labute approximate surface area is 113 Å². The van der Waals surface area contributed by atoms with Crippen LogP contribution in [0.4, 0.5) is 4.39 Å². The Bertz CT molecular complexity index is 577. The summed E-state index contributed by atoms with van der Waals surface area (Å²) in [5.74, 6) is -2.63. The van der Waals surface area contributed by atoms with E-state index >= 15 is 0 Å². The fourth-order valence-corrected chi connectivity index (χ4v) is 2.86. The summed E-state index contributed by atoms with van der Waals surface area (Å²) >= 11 is 5.46. The first kappa shape index (κ1) is 15.8. The average Bonchev–Trinajstić information content (AvgIpc) is 2.31. The molecule has 1 atom stereocenters. The van der Waals surface area contributed by atoms with Crippen molar-refractivity contribution in [1.82, 2.24) is 4.72 Å². The third kappa shape index (κ3) is 3.87. The van der Waals surface area contributed by atoms with Gasteiger partial charge in [-0.05, 0) is 18.6 Å². The zero-order valence-corrected chi connectivity index (χ0v) is 11.1. The van der Waals surface area contributed by atoms with Crippen molar-refractivity contribution in [2.45, 2.75) is 17.4 Å². The standard InChI is InChI=1S/C10H11ClFNO5S/c11-6-2-1-3-8(9(6)12)19(17,18)13-7(4-5-14)10(15)16/h1-3,7,13-14H,4-5H2,(H,15,16)/t7-/m0/s1. The molecule has 106 valence electrons. The third-order valence-corrected chi connectivity index (χ3v) is 4.00. The smallest absolute Gasteiger partial charge is 0.321 e. The van der Waals surface area contributed by atoms with Crippen LogP contribution < -0.4 is 4.72 Å². The zero-order chi connectivity index (χ0) is 14.6. The number of hydrogen-bond acceptors (Lipinski definition) is 4. The van der Waals surface area contributed by atoms with Crippen molar-refractivity contribution in [1.29, 1.82) is 0 Å². The van der Waals surface area contributed by atoms with E-state index in [2.05, 4.69) is 0 Å². The fraction of sp³-hybridized carbons (Fsp3) is 0.300. The predicted octanol–water partition coefficient (Wildman–Crippen LogP) is 0.593. The zero-order valence-electron chi connectivity index (χ0n) is 9.51. The van der Waals surface area contributed by atoms with E-state index in [9.17, 15) is 17.6 Å². The first-order valence-electron chi connectivity index (χ1n) is 5.09. The minimum Gasteiger partial charge on any atom is -0.480 e. The molecule has 0 aliphatic heterocycles. The number of carboxylic acid groups (broad SMARTS) is 1. The van der Waals surface area contributed by atoms with Crippen LogP contribution in [-0.4, -0.2) is 37.2 Å². The number of aliphatic hydroxyl groups is 1. The fourth-order valence-electron chi connectivity index (χ4n) is 1.30. The molecule has 3 N–H and O–H groups in total. The lowest BCUT2D eigenvalue weighted by Crippen LogP contribution is -2.41. The Morgan fingerprint density at radius 2 is 2.11 bits per heavy atom. The Kier molecular flexibility index (Phi) is 5.24. The Hall–Kier alpha value is -1.22. The van der Waals surface area contributed by atoms with Gasteiger partial charge >= 0.3 is 5.97 Å². The number of carbonyl (C=O) groups is 1. The van der Waals surface area contributed by atoms with Crippen LogP contribution in [0.2, 0.25) is 5.02 Å². The molecule has 1 aromatic carbocycles. The van der Waals surface area contributed by atoms with E-state index in [4.69, 9.17) is 21.8 Å². The lowest BCUT2D eigenvalue weighted by Gasteiger charge is -2.14. The summed E-state index contributed by atoms with van der Waals surface area (Å²) < 4.78 is 39.1.